The topological polar surface area (TPSA) is 36.4 Å². The van der Waals surface area contributed by atoms with Gasteiger partial charge in [-0.1, -0.05) is 41.1 Å². The number of hydrogen-bond acceptors (Lipinski definition) is 5. The highest BCUT2D eigenvalue weighted by molar-refractivity contribution is 7.99. The van der Waals surface area contributed by atoms with E-state index in [4.69, 9.17) is 11.6 Å². The lowest BCUT2D eigenvalue weighted by Crippen LogP contribution is -2.36. The molecule has 0 fully saturated rings. The second-order valence-electron chi connectivity index (χ2n) is 6.72. The Hall–Kier alpha value is -1.31. The summed E-state index contributed by atoms with van der Waals surface area (Å²) in [6.07, 6.45) is 1.36. The minimum atomic E-state index is 0. The maximum atomic E-state index is 13.0. The molecule has 0 saturated carbocycles. The van der Waals surface area contributed by atoms with E-state index >= 15 is 0 Å². The van der Waals surface area contributed by atoms with E-state index < -0.39 is 0 Å². The molecule has 1 heterocycles. The Kier molecular flexibility index (Phi) is 9.72. The van der Waals surface area contributed by atoms with E-state index in [1.165, 1.54) is 16.2 Å². The third-order valence-electron chi connectivity index (χ3n) is 4.19. The zero-order valence-electron chi connectivity index (χ0n) is 16.5. The van der Waals surface area contributed by atoms with Crippen molar-refractivity contribution in [3.63, 3.8) is 0 Å². The lowest BCUT2D eigenvalue weighted by Gasteiger charge is -2.22. The quantitative estimate of drug-likeness (QED) is 0.291. The van der Waals surface area contributed by atoms with E-state index in [2.05, 4.69) is 22.0 Å². The summed E-state index contributed by atoms with van der Waals surface area (Å²) in [5.41, 5.74) is 0.881. The second-order valence-corrected chi connectivity index (χ2v) is 9.34. The van der Waals surface area contributed by atoms with Gasteiger partial charge in [-0.3, -0.25) is 9.69 Å². The van der Waals surface area contributed by atoms with Gasteiger partial charge in [-0.05, 0) is 56.6 Å². The average molecular weight is 470 g/mol. The fraction of sp³-hybridized carbons (Fsp3) is 0.333. The van der Waals surface area contributed by atoms with Gasteiger partial charge in [0.25, 0.3) is 0 Å². The second kappa shape index (κ2) is 11.8. The summed E-state index contributed by atoms with van der Waals surface area (Å²) in [6, 6.07) is 15.9. The number of amides is 1. The number of carbonyl (C=O) groups excluding carboxylic acids is 1. The van der Waals surface area contributed by atoms with Gasteiger partial charge in [0.15, 0.2) is 5.13 Å². The van der Waals surface area contributed by atoms with Crippen molar-refractivity contribution in [2.24, 2.45) is 0 Å². The summed E-state index contributed by atoms with van der Waals surface area (Å²) in [6.45, 7) is 1.42. The minimum Gasteiger partial charge on any atom is -0.308 e. The molecule has 0 radical (unpaired) electrons. The lowest BCUT2D eigenvalue weighted by molar-refractivity contribution is -0.118. The monoisotopic (exact) mass is 469 g/mol. The van der Waals surface area contributed by atoms with Crippen molar-refractivity contribution < 1.29 is 4.79 Å². The molecule has 0 aliphatic rings. The first-order valence-corrected chi connectivity index (χ1v) is 11.4. The standard InChI is InChI=1S/C21H24ClN3OS2.ClH/c1-24(2)12-13-25(21-23-18-11-10-16(22)15-19(18)28-21)20(26)9-6-14-27-17-7-4-3-5-8-17;/h3-5,7-8,10-11,15H,6,9,12-14H2,1-2H3;1H. The Balaban J connectivity index is 0.00000300. The number of rotatable bonds is 9. The molecule has 0 N–H and O–H groups in total. The van der Waals surface area contributed by atoms with Gasteiger partial charge in [-0.25, -0.2) is 4.98 Å². The Morgan fingerprint density at radius 3 is 2.62 bits per heavy atom. The normalized spacial score (nSPS) is 10.9. The van der Waals surface area contributed by atoms with E-state index in [9.17, 15) is 4.79 Å². The van der Waals surface area contributed by atoms with Crippen LogP contribution in [0, 0.1) is 0 Å². The molecule has 8 heteroatoms. The Morgan fingerprint density at radius 2 is 1.90 bits per heavy atom. The first-order valence-electron chi connectivity index (χ1n) is 9.22. The van der Waals surface area contributed by atoms with Gasteiger partial charge in [0, 0.05) is 29.4 Å². The molecule has 0 bridgehead atoms. The smallest absolute Gasteiger partial charge is 0.228 e. The van der Waals surface area contributed by atoms with Crippen LogP contribution in [0.25, 0.3) is 10.2 Å². The van der Waals surface area contributed by atoms with Crippen LogP contribution in [0.5, 0.6) is 0 Å². The van der Waals surface area contributed by atoms with Crippen LogP contribution in [-0.4, -0.2) is 48.7 Å². The third-order valence-corrected chi connectivity index (χ3v) is 6.56. The molecule has 3 aromatic rings. The molecule has 0 aliphatic carbocycles. The zero-order chi connectivity index (χ0) is 19.9. The molecule has 0 unspecified atom stereocenters. The van der Waals surface area contributed by atoms with Crippen LogP contribution in [0.1, 0.15) is 12.8 Å². The van der Waals surface area contributed by atoms with Crippen LogP contribution in [-0.2, 0) is 4.79 Å². The van der Waals surface area contributed by atoms with E-state index in [0.29, 0.717) is 18.0 Å². The van der Waals surface area contributed by atoms with Crippen LogP contribution in [0.4, 0.5) is 5.13 Å². The van der Waals surface area contributed by atoms with Crippen molar-refractivity contribution in [1.29, 1.82) is 0 Å². The summed E-state index contributed by atoms with van der Waals surface area (Å²) in [5.74, 6) is 1.05. The van der Waals surface area contributed by atoms with Crippen LogP contribution in [0.2, 0.25) is 5.02 Å². The number of fused-ring (bicyclic) bond motifs is 1. The fourth-order valence-corrected chi connectivity index (χ4v) is 4.85. The summed E-state index contributed by atoms with van der Waals surface area (Å²) >= 11 is 9.41. The number of thioether (sulfide) groups is 1. The number of thiazole rings is 1. The fourth-order valence-electron chi connectivity index (χ4n) is 2.69. The van der Waals surface area contributed by atoms with Crippen molar-refractivity contribution in [3.8, 4) is 0 Å². The van der Waals surface area contributed by atoms with Gasteiger partial charge in [0.1, 0.15) is 0 Å². The molecule has 1 amide bonds. The molecule has 0 spiro atoms. The Labute approximate surface area is 191 Å². The SMILES string of the molecule is CN(C)CCN(C(=O)CCCSc1ccccc1)c1nc2ccc(Cl)cc2s1.Cl. The molecule has 0 atom stereocenters. The number of anilines is 1. The number of nitrogens with zero attached hydrogens (tertiary/aromatic N) is 3. The molecule has 1 aromatic heterocycles. The van der Waals surface area contributed by atoms with E-state index in [-0.39, 0.29) is 18.3 Å². The molecular formula is C21H25Cl2N3OS2. The summed E-state index contributed by atoms with van der Waals surface area (Å²) in [4.78, 5) is 22.8. The molecule has 3 rings (SSSR count). The number of carbonyl (C=O) groups is 1. The maximum absolute atomic E-state index is 13.0. The summed E-state index contributed by atoms with van der Waals surface area (Å²) < 4.78 is 1.00. The van der Waals surface area contributed by atoms with Crippen LogP contribution in [0.15, 0.2) is 53.4 Å². The average Bonchev–Trinajstić information content (AvgIpc) is 3.08. The molecule has 0 aliphatic heterocycles. The predicted octanol–water partition coefficient (Wildman–Crippen LogP) is 5.84. The van der Waals surface area contributed by atoms with Crippen molar-refractivity contribution in [2.45, 2.75) is 17.7 Å². The Morgan fingerprint density at radius 1 is 1.14 bits per heavy atom. The number of aromatic nitrogens is 1. The Bertz CT molecular complexity index is 919. The minimum absolute atomic E-state index is 0. The molecular weight excluding hydrogens is 445 g/mol. The van der Waals surface area contributed by atoms with Crippen molar-refractivity contribution in [2.75, 3.05) is 37.8 Å². The molecule has 29 heavy (non-hydrogen) atoms. The summed E-state index contributed by atoms with van der Waals surface area (Å²) in [7, 11) is 4.02. The number of halogens is 2. The maximum Gasteiger partial charge on any atom is 0.228 e. The zero-order valence-corrected chi connectivity index (χ0v) is 19.7. The van der Waals surface area contributed by atoms with Crippen molar-refractivity contribution >= 4 is 68.4 Å². The highest BCUT2D eigenvalue weighted by Crippen LogP contribution is 2.31. The van der Waals surface area contributed by atoms with Crippen molar-refractivity contribution in [3.05, 3.63) is 53.6 Å². The third kappa shape index (κ3) is 7.15. The van der Waals surface area contributed by atoms with Crippen LogP contribution < -0.4 is 4.90 Å². The van der Waals surface area contributed by atoms with Gasteiger partial charge in [0.2, 0.25) is 5.91 Å². The van der Waals surface area contributed by atoms with E-state index in [1.807, 2.05) is 55.4 Å². The van der Waals surface area contributed by atoms with Gasteiger partial charge in [0.05, 0.1) is 10.2 Å². The highest BCUT2D eigenvalue weighted by atomic mass is 35.5. The van der Waals surface area contributed by atoms with Gasteiger partial charge < -0.3 is 4.90 Å². The molecule has 4 nitrogen and oxygen atoms in total. The van der Waals surface area contributed by atoms with Gasteiger partial charge in [-0.2, -0.15) is 0 Å². The van der Waals surface area contributed by atoms with E-state index in [1.54, 1.807) is 11.8 Å². The van der Waals surface area contributed by atoms with Crippen molar-refractivity contribution in [1.82, 2.24) is 9.88 Å². The van der Waals surface area contributed by atoms with Crippen LogP contribution >= 0.6 is 47.1 Å². The first-order chi connectivity index (χ1) is 13.5. The number of hydrogen-bond donors (Lipinski definition) is 0. The largest absolute Gasteiger partial charge is 0.308 e. The first kappa shape index (κ1) is 24.0. The van der Waals surface area contributed by atoms with Gasteiger partial charge >= 0.3 is 0 Å². The van der Waals surface area contributed by atoms with Gasteiger partial charge in [-0.15, -0.1) is 24.2 Å². The molecule has 156 valence electrons. The van der Waals surface area contributed by atoms with Crippen LogP contribution in [0.3, 0.4) is 0 Å². The summed E-state index contributed by atoms with van der Waals surface area (Å²) in [5, 5.41) is 1.44. The lowest BCUT2D eigenvalue weighted by atomic mass is 10.3. The molecule has 0 saturated heterocycles. The predicted molar refractivity (Wildman–Crippen MR) is 129 cm³/mol. The number of likely N-dealkylation sites (N-methyl/N-ethyl adjacent to an activating group) is 1. The van der Waals surface area contributed by atoms with E-state index in [0.717, 1.165) is 34.1 Å². The molecule has 2 aromatic carbocycles. The highest BCUT2D eigenvalue weighted by Gasteiger charge is 2.19. The number of benzene rings is 2.